The summed E-state index contributed by atoms with van der Waals surface area (Å²) in [5, 5.41) is 0. The standard InChI is InChI=1S/C15H20BrClN2O/c1-12-3-4-14(16)13(11-12)15(20)19-7-2-6-18(8-5-17)9-10-19/h3-4,11H,2,5-10H2,1H3. The lowest BCUT2D eigenvalue weighted by atomic mass is 10.1. The number of nitrogens with zero attached hydrogens (tertiary/aromatic N) is 2. The Morgan fingerprint density at radius 1 is 1.30 bits per heavy atom. The molecule has 1 amide bonds. The van der Waals surface area contributed by atoms with Crippen LogP contribution in [0.4, 0.5) is 0 Å². The minimum absolute atomic E-state index is 0.119. The summed E-state index contributed by atoms with van der Waals surface area (Å²) in [5.74, 6) is 0.769. The second-order valence-corrected chi connectivity index (χ2v) is 6.39. The van der Waals surface area contributed by atoms with Gasteiger partial charge in [-0.1, -0.05) is 11.6 Å². The summed E-state index contributed by atoms with van der Waals surface area (Å²) in [5.41, 5.74) is 1.87. The highest BCUT2D eigenvalue weighted by Crippen LogP contribution is 2.20. The molecule has 1 aliphatic rings. The van der Waals surface area contributed by atoms with Gasteiger partial charge in [0, 0.05) is 36.5 Å². The number of hydrogen-bond acceptors (Lipinski definition) is 2. The fourth-order valence-electron chi connectivity index (χ4n) is 2.49. The maximum Gasteiger partial charge on any atom is 0.255 e. The predicted molar refractivity (Wildman–Crippen MR) is 86.6 cm³/mol. The van der Waals surface area contributed by atoms with E-state index in [0.717, 1.165) is 54.7 Å². The highest BCUT2D eigenvalue weighted by Gasteiger charge is 2.21. The van der Waals surface area contributed by atoms with Crippen LogP contribution in [0.2, 0.25) is 0 Å². The topological polar surface area (TPSA) is 23.6 Å². The van der Waals surface area contributed by atoms with E-state index < -0.39 is 0 Å². The van der Waals surface area contributed by atoms with Gasteiger partial charge in [-0.05, 0) is 48.0 Å². The third-order valence-electron chi connectivity index (χ3n) is 3.63. The molecule has 0 radical (unpaired) electrons. The van der Waals surface area contributed by atoms with E-state index in [0.29, 0.717) is 5.88 Å². The molecule has 3 nitrogen and oxygen atoms in total. The van der Waals surface area contributed by atoms with Crippen molar-refractivity contribution >= 4 is 33.4 Å². The van der Waals surface area contributed by atoms with Crippen LogP contribution in [0.1, 0.15) is 22.3 Å². The third-order valence-corrected chi connectivity index (χ3v) is 4.49. The number of aryl methyl sites for hydroxylation is 1. The van der Waals surface area contributed by atoms with Crippen LogP contribution in [0.5, 0.6) is 0 Å². The zero-order valence-corrected chi connectivity index (χ0v) is 14.1. The summed E-state index contributed by atoms with van der Waals surface area (Å²) in [6.45, 7) is 6.42. The molecule has 2 rings (SSSR count). The Labute approximate surface area is 134 Å². The normalized spacial score (nSPS) is 17.1. The molecule has 20 heavy (non-hydrogen) atoms. The van der Waals surface area contributed by atoms with Gasteiger partial charge in [0.25, 0.3) is 5.91 Å². The van der Waals surface area contributed by atoms with Gasteiger partial charge in [-0.2, -0.15) is 0 Å². The van der Waals surface area contributed by atoms with E-state index in [9.17, 15) is 4.79 Å². The van der Waals surface area contributed by atoms with Crippen LogP contribution in [-0.2, 0) is 0 Å². The van der Waals surface area contributed by atoms with Crippen molar-refractivity contribution in [3.05, 3.63) is 33.8 Å². The van der Waals surface area contributed by atoms with Crippen LogP contribution in [0.25, 0.3) is 0 Å². The molecular formula is C15H20BrClN2O. The van der Waals surface area contributed by atoms with Crippen molar-refractivity contribution < 1.29 is 4.79 Å². The molecule has 1 heterocycles. The molecule has 0 unspecified atom stereocenters. The van der Waals surface area contributed by atoms with Crippen LogP contribution in [0, 0.1) is 6.92 Å². The minimum Gasteiger partial charge on any atom is -0.337 e. The van der Waals surface area contributed by atoms with E-state index in [-0.39, 0.29) is 5.91 Å². The maximum absolute atomic E-state index is 12.6. The molecule has 1 aromatic rings. The average Bonchev–Trinajstić information content (AvgIpc) is 2.67. The lowest BCUT2D eigenvalue weighted by Gasteiger charge is -2.22. The molecule has 1 fully saturated rings. The van der Waals surface area contributed by atoms with Crippen molar-refractivity contribution in [1.82, 2.24) is 9.80 Å². The van der Waals surface area contributed by atoms with Crippen LogP contribution in [0.3, 0.4) is 0 Å². The van der Waals surface area contributed by atoms with Gasteiger partial charge in [-0.25, -0.2) is 0 Å². The van der Waals surface area contributed by atoms with E-state index in [1.54, 1.807) is 0 Å². The quantitative estimate of drug-likeness (QED) is 0.774. The SMILES string of the molecule is Cc1ccc(Br)c(C(=O)N2CCCN(CCCl)CC2)c1. The van der Waals surface area contributed by atoms with Crippen molar-refractivity contribution in [1.29, 1.82) is 0 Å². The predicted octanol–water partition coefficient (Wildman–Crippen LogP) is 3.14. The maximum atomic E-state index is 12.6. The van der Waals surface area contributed by atoms with Crippen LogP contribution < -0.4 is 0 Å². The van der Waals surface area contributed by atoms with Crippen molar-refractivity contribution in [2.24, 2.45) is 0 Å². The fourth-order valence-corrected chi connectivity index (χ4v) is 3.15. The Morgan fingerprint density at radius 3 is 2.85 bits per heavy atom. The third kappa shape index (κ3) is 3.96. The summed E-state index contributed by atoms with van der Waals surface area (Å²) in [6, 6.07) is 5.90. The molecule has 0 saturated carbocycles. The Balaban J connectivity index is 2.07. The fraction of sp³-hybridized carbons (Fsp3) is 0.533. The molecule has 0 N–H and O–H groups in total. The van der Waals surface area contributed by atoms with Gasteiger partial charge < -0.3 is 9.80 Å². The summed E-state index contributed by atoms with van der Waals surface area (Å²) < 4.78 is 0.870. The van der Waals surface area contributed by atoms with Gasteiger partial charge in [-0.15, -0.1) is 11.6 Å². The Bertz CT molecular complexity index is 481. The zero-order chi connectivity index (χ0) is 14.5. The second kappa shape index (κ2) is 7.43. The molecule has 0 atom stereocenters. The van der Waals surface area contributed by atoms with Crippen LogP contribution in [0.15, 0.2) is 22.7 Å². The molecule has 1 aliphatic heterocycles. The lowest BCUT2D eigenvalue weighted by Crippen LogP contribution is -2.35. The number of carbonyl (C=O) groups excluding carboxylic acids is 1. The first-order valence-corrected chi connectivity index (χ1v) is 8.28. The molecule has 0 spiro atoms. The highest BCUT2D eigenvalue weighted by atomic mass is 79.9. The molecular weight excluding hydrogens is 340 g/mol. The number of benzene rings is 1. The zero-order valence-electron chi connectivity index (χ0n) is 11.7. The molecule has 1 aromatic carbocycles. The Hall–Kier alpha value is -0.580. The highest BCUT2D eigenvalue weighted by molar-refractivity contribution is 9.10. The van der Waals surface area contributed by atoms with Crippen molar-refractivity contribution in [3.63, 3.8) is 0 Å². The van der Waals surface area contributed by atoms with Crippen LogP contribution >= 0.6 is 27.5 Å². The molecule has 110 valence electrons. The Morgan fingerprint density at radius 2 is 2.10 bits per heavy atom. The molecule has 0 bridgehead atoms. The van der Waals surface area contributed by atoms with Gasteiger partial charge in [0.05, 0.1) is 5.56 Å². The monoisotopic (exact) mass is 358 g/mol. The number of rotatable bonds is 3. The average molecular weight is 360 g/mol. The Kier molecular flexibility index (Phi) is 5.87. The van der Waals surface area contributed by atoms with Crippen molar-refractivity contribution in [2.75, 3.05) is 38.6 Å². The summed E-state index contributed by atoms with van der Waals surface area (Å²) >= 11 is 9.27. The van der Waals surface area contributed by atoms with Crippen LogP contribution in [-0.4, -0.2) is 54.3 Å². The smallest absolute Gasteiger partial charge is 0.255 e. The minimum atomic E-state index is 0.119. The van der Waals surface area contributed by atoms with Gasteiger partial charge in [0.1, 0.15) is 0 Å². The number of carbonyl (C=O) groups is 1. The van der Waals surface area contributed by atoms with Gasteiger partial charge in [0.2, 0.25) is 0 Å². The van der Waals surface area contributed by atoms with Gasteiger partial charge in [0.15, 0.2) is 0 Å². The first-order valence-electron chi connectivity index (χ1n) is 6.95. The van der Waals surface area contributed by atoms with E-state index in [2.05, 4.69) is 20.8 Å². The van der Waals surface area contributed by atoms with Crippen molar-refractivity contribution in [3.8, 4) is 0 Å². The number of halogens is 2. The molecule has 5 heteroatoms. The largest absolute Gasteiger partial charge is 0.337 e. The van der Waals surface area contributed by atoms with E-state index >= 15 is 0 Å². The van der Waals surface area contributed by atoms with Crippen molar-refractivity contribution in [2.45, 2.75) is 13.3 Å². The summed E-state index contributed by atoms with van der Waals surface area (Å²) in [6.07, 6.45) is 1.01. The first kappa shape index (κ1) is 15.8. The molecule has 0 aliphatic carbocycles. The van der Waals surface area contributed by atoms with Gasteiger partial charge in [-0.3, -0.25) is 4.79 Å². The lowest BCUT2D eigenvalue weighted by molar-refractivity contribution is 0.0761. The summed E-state index contributed by atoms with van der Waals surface area (Å²) in [4.78, 5) is 16.9. The number of alkyl halides is 1. The summed E-state index contributed by atoms with van der Waals surface area (Å²) in [7, 11) is 0. The molecule has 1 saturated heterocycles. The van der Waals surface area contributed by atoms with E-state index in [4.69, 9.17) is 11.6 Å². The number of amides is 1. The number of hydrogen-bond donors (Lipinski definition) is 0. The van der Waals surface area contributed by atoms with E-state index in [1.165, 1.54) is 0 Å². The van der Waals surface area contributed by atoms with E-state index in [1.807, 2.05) is 30.0 Å². The van der Waals surface area contributed by atoms with Gasteiger partial charge >= 0.3 is 0 Å². The molecule has 0 aromatic heterocycles. The first-order chi connectivity index (χ1) is 9.61. The second-order valence-electron chi connectivity index (χ2n) is 5.16.